The number of fused-ring (bicyclic) bond motifs is 1. The zero-order valence-electron chi connectivity index (χ0n) is 12.6. The zero-order chi connectivity index (χ0) is 16.6. The third-order valence-corrected chi connectivity index (χ3v) is 3.57. The van der Waals surface area contributed by atoms with E-state index in [-0.39, 0.29) is 11.1 Å². The number of carbonyl (C=O) groups is 1. The van der Waals surface area contributed by atoms with Crippen molar-refractivity contribution in [2.45, 2.75) is 13.8 Å². The van der Waals surface area contributed by atoms with E-state index in [4.69, 9.17) is 0 Å². The van der Waals surface area contributed by atoms with E-state index < -0.39 is 23.0 Å². The van der Waals surface area contributed by atoms with Crippen molar-refractivity contribution >= 4 is 22.6 Å². The van der Waals surface area contributed by atoms with Crippen LogP contribution in [0.4, 0.5) is 14.6 Å². The molecule has 0 saturated carbocycles. The van der Waals surface area contributed by atoms with E-state index in [1.807, 2.05) is 6.92 Å². The molecule has 0 unspecified atom stereocenters. The number of ketones is 1. The minimum atomic E-state index is -0.894. The molecule has 0 aliphatic carbocycles. The lowest BCUT2D eigenvalue weighted by Crippen LogP contribution is -2.09. The molecule has 1 aromatic carbocycles. The summed E-state index contributed by atoms with van der Waals surface area (Å²) in [6, 6.07) is 2.38. The Morgan fingerprint density at radius 1 is 1.30 bits per heavy atom. The standard InChI is InChI=1S/C16H14F2N4O/c1-3-19-15-11-9(6-20-16(11)22-7-21-15)14(23)12-10(17)5-4-8(2)13(12)18/h4-7H,3H2,1-2H3,(H2,19,20,21,22). The van der Waals surface area contributed by atoms with Crippen molar-refractivity contribution in [3.05, 3.63) is 53.0 Å². The van der Waals surface area contributed by atoms with Crippen molar-refractivity contribution in [2.24, 2.45) is 0 Å². The van der Waals surface area contributed by atoms with Crippen LogP contribution in [0.2, 0.25) is 0 Å². The predicted octanol–water partition coefficient (Wildman–Crippen LogP) is 3.21. The molecular formula is C16H14F2N4O. The molecule has 2 heterocycles. The molecule has 0 saturated heterocycles. The van der Waals surface area contributed by atoms with Crippen molar-refractivity contribution < 1.29 is 13.6 Å². The second kappa shape index (κ2) is 5.75. The fraction of sp³-hybridized carbons (Fsp3) is 0.188. The number of hydrogen-bond acceptors (Lipinski definition) is 4. The first kappa shape index (κ1) is 15.1. The first-order valence-corrected chi connectivity index (χ1v) is 7.09. The van der Waals surface area contributed by atoms with Gasteiger partial charge < -0.3 is 10.3 Å². The number of H-pyrrole nitrogens is 1. The van der Waals surface area contributed by atoms with Gasteiger partial charge in [-0.1, -0.05) is 6.07 Å². The number of carbonyl (C=O) groups excluding carboxylic acids is 1. The molecule has 0 fully saturated rings. The molecule has 2 N–H and O–H groups in total. The molecule has 0 radical (unpaired) electrons. The number of anilines is 1. The summed E-state index contributed by atoms with van der Waals surface area (Å²) in [5, 5.41) is 3.43. The molecule has 118 valence electrons. The largest absolute Gasteiger partial charge is 0.370 e. The van der Waals surface area contributed by atoms with Crippen LogP contribution in [-0.4, -0.2) is 27.3 Å². The van der Waals surface area contributed by atoms with E-state index in [2.05, 4.69) is 20.3 Å². The molecule has 7 heteroatoms. The maximum absolute atomic E-state index is 14.2. The fourth-order valence-corrected chi connectivity index (χ4v) is 2.44. The zero-order valence-corrected chi connectivity index (χ0v) is 12.6. The molecule has 0 aliphatic heterocycles. The predicted molar refractivity (Wildman–Crippen MR) is 82.6 cm³/mol. The SMILES string of the molecule is CCNc1ncnc2[nH]cc(C(=O)c3c(F)ccc(C)c3F)c12. The third-order valence-electron chi connectivity index (χ3n) is 3.57. The highest BCUT2D eigenvalue weighted by Gasteiger charge is 2.24. The first-order chi connectivity index (χ1) is 11.0. The number of nitrogens with zero attached hydrogens (tertiary/aromatic N) is 2. The summed E-state index contributed by atoms with van der Waals surface area (Å²) in [6.45, 7) is 3.94. The Hall–Kier alpha value is -2.83. The Kier molecular flexibility index (Phi) is 3.77. The van der Waals surface area contributed by atoms with Gasteiger partial charge in [0.2, 0.25) is 5.78 Å². The number of halogens is 2. The van der Waals surface area contributed by atoms with Gasteiger partial charge in [0.05, 0.1) is 16.5 Å². The summed E-state index contributed by atoms with van der Waals surface area (Å²) >= 11 is 0. The van der Waals surface area contributed by atoms with Crippen molar-refractivity contribution in [1.82, 2.24) is 15.0 Å². The summed E-state index contributed by atoms with van der Waals surface area (Å²) in [5.74, 6) is -2.06. The highest BCUT2D eigenvalue weighted by Crippen LogP contribution is 2.27. The van der Waals surface area contributed by atoms with Crippen molar-refractivity contribution in [3.8, 4) is 0 Å². The van der Waals surface area contributed by atoms with Crippen molar-refractivity contribution in [1.29, 1.82) is 0 Å². The Morgan fingerprint density at radius 2 is 2.09 bits per heavy atom. The van der Waals surface area contributed by atoms with Crippen LogP contribution in [-0.2, 0) is 0 Å². The van der Waals surface area contributed by atoms with Crippen molar-refractivity contribution in [2.75, 3.05) is 11.9 Å². The van der Waals surface area contributed by atoms with Gasteiger partial charge in [-0.3, -0.25) is 4.79 Å². The summed E-state index contributed by atoms with van der Waals surface area (Å²) in [6.07, 6.45) is 2.74. The summed E-state index contributed by atoms with van der Waals surface area (Å²) in [4.78, 5) is 23.6. The average Bonchev–Trinajstić information content (AvgIpc) is 2.96. The fourth-order valence-electron chi connectivity index (χ4n) is 2.44. The number of aromatic amines is 1. The highest BCUT2D eigenvalue weighted by atomic mass is 19.1. The van der Waals surface area contributed by atoms with Gasteiger partial charge in [0.25, 0.3) is 0 Å². The van der Waals surface area contributed by atoms with Gasteiger partial charge in [0.15, 0.2) is 0 Å². The number of aryl methyl sites for hydroxylation is 1. The van der Waals surface area contributed by atoms with Crippen LogP contribution in [0.15, 0.2) is 24.7 Å². The molecule has 0 amide bonds. The number of hydrogen-bond donors (Lipinski definition) is 2. The van der Waals surface area contributed by atoms with E-state index in [1.54, 1.807) is 0 Å². The van der Waals surface area contributed by atoms with Gasteiger partial charge >= 0.3 is 0 Å². The summed E-state index contributed by atoms with van der Waals surface area (Å²) in [5.41, 5.74) is 0.183. The number of benzene rings is 1. The van der Waals surface area contributed by atoms with Gasteiger partial charge in [0.1, 0.15) is 29.4 Å². The van der Waals surface area contributed by atoms with Crippen LogP contribution < -0.4 is 5.32 Å². The Balaban J connectivity index is 2.22. The van der Waals surface area contributed by atoms with Gasteiger partial charge in [-0.25, -0.2) is 18.7 Å². The smallest absolute Gasteiger partial charge is 0.201 e. The van der Waals surface area contributed by atoms with E-state index in [0.717, 1.165) is 6.07 Å². The van der Waals surface area contributed by atoms with Crippen LogP contribution in [0.3, 0.4) is 0 Å². The van der Waals surface area contributed by atoms with Crippen LogP contribution in [0.25, 0.3) is 11.0 Å². The van der Waals surface area contributed by atoms with E-state index in [1.165, 1.54) is 25.5 Å². The molecule has 0 bridgehead atoms. The molecule has 5 nitrogen and oxygen atoms in total. The molecular weight excluding hydrogens is 302 g/mol. The maximum Gasteiger partial charge on any atom is 0.201 e. The first-order valence-electron chi connectivity index (χ1n) is 7.09. The summed E-state index contributed by atoms with van der Waals surface area (Å²) in [7, 11) is 0. The molecule has 3 aromatic rings. The molecule has 0 spiro atoms. The number of rotatable bonds is 4. The molecule has 0 aliphatic rings. The lowest BCUT2D eigenvalue weighted by Gasteiger charge is -2.08. The monoisotopic (exact) mass is 316 g/mol. The average molecular weight is 316 g/mol. The van der Waals surface area contributed by atoms with E-state index in [9.17, 15) is 13.6 Å². The van der Waals surface area contributed by atoms with Crippen LogP contribution in [0.1, 0.15) is 28.4 Å². The van der Waals surface area contributed by atoms with E-state index in [0.29, 0.717) is 23.4 Å². The second-order valence-electron chi connectivity index (χ2n) is 5.06. The minimum Gasteiger partial charge on any atom is -0.370 e. The minimum absolute atomic E-state index is 0.125. The normalized spacial score (nSPS) is 11.0. The maximum atomic E-state index is 14.2. The van der Waals surface area contributed by atoms with Gasteiger partial charge in [-0.05, 0) is 25.5 Å². The Bertz CT molecular complexity index is 904. The number of aromatic nitrogens is 3. The molecule has 3 rings (SSSR count). The van der Waals surface area contributed by atoms with Gasteiger partial charge in [-0.15, -0.1) is 0 Å². The molecule has 0 atom stereocenters. The summed E-state index contributed by atoms with van der Waals surface area (Å²) < 4.78 is 28.2. The molecule has 23 heavy (non-hydrogen) atoms. The topological polar surface area (TPSA) is 70.7 Å². The Morgan fingerprint density at radius 3 is 2.83 bits per heavy atom. The van der Waals surface area contributed by atoms with Gasteiger partial charge in [-0.2, -0.15) is 0 Å². The number of nitrogens with one attached hydrogen (secondary N) is 2. The van der Waals surface area contributed by atoms with Crippen molar-refractivity contribution in [3.63, 3.8) is 0 Å². The second-order valence-corrected chi connectivity index (χ2v) is 5.06. The lowest BCUT2D eigenvalue weighted by atomic mass is 10.0. The van der Waals surface area contributed by atoms with Crippen LogP contribution >= 0.6 is 0 Å². The Labute approximate surface area is 130 Å². The van der Waals surface area contributed by atoms with Gasteiger partial charge in [0, 0.05) is 12.7 Å². The quantitative estimate of drug-likeness (QED) is 0.725. The van der Waals surface area contributed by atoms with Crippen LogP contribution in [0, 0.1) is 18.6 Å². The third kappa shape index (κ3) is 2.44. The lowest BCUT2D eigenvalue weighted by molar-refractivity contribution is 0.103. The highest BCUT2D eigenvalue weighted by molar-refractivity contribution is 6.18. The van der Waals surface area contributed by atoms with Crippen LogP contribution in [0.5, 0.6) is 0 Å². The molecule has 2 aromatic heterocycles. The van der Waals surface area contributed by atoms with E-state index >= 15 is 0 Å².